The first-order valence-corrected chi connectivity index (χ1v) is 12.4. The van der Waals surface area contributed by atoms with E-state index in [0.29, 0.717) is 6.61 Å². The summed E-state index contributed by atoms with van der Waals surface area (Å²) >= 11 is 0. The number of rotatable bonds is 7. The van der Waals surface area contributed by atoms with Crippen molar-refractivity contribution in [3.05, 3.63) is 45.8 Å². The highest BCUT2D eigenvalue weighted by atomic mass is 16.6. The lowest BCUT2D eigenvalue weighted by molar-refractivity contribution is -0.162. The molecule has 1 aromatic heterocycles. The number of carbonyl (C=O) groups is 1. The number of carbonyl (C=O) groups excluding carboxylic acids is 1. The SMILES string of the molecule is CCCCOC(=O)C1(c2cc(C(C)(C)O)on2)CN=C(Nc2c3c(cc4c2CCC4)CCC3)O1. The number of hydrogen-bond donors (Lipinski definition) is 2. The number of nitrogens with zero attached hydrogens (tertiary/aromatic N) is 2. The molecule has 0 bridgehead atoms. The average Bonchev–Trinajstić information content (AvgIpc) is 3.58. The molecule has 182 valence electrons. The Morgan fingerprint density at radius 2 is 1.88 bits per heavy atom. The van der Waals surface area contributed by atoms with Crippen molar-refractivity contribution in [1.82, 2.24) is 5.16 Å². The molecule has 0 amide bonds. The first-order valence-electron chi connectivity index (χ1n) is 12.4. The van der Waals surface area contributed by atoms with Gasteiger partial charge in [-0.2, -0.15) is 0 Å². The summed E-state index contributed by atoms with van der Waals surface area (Å²) in [6.07, 6.45) is 8.19. The lowest BCUT2D eigenvalue weighted by Gasteiger charge is -2.24. The molecule has 2 aliphatic carbocycles. The Labute approximate surface area is 199 Å². The first-order chi connectivity index (χ1) is 16.3. The molecule has 1 aliphatic heterocycles. The van der Waals surface area contributed by atoms with Gasteiger partial charge in [-0.15, -0.1) is 0 Å². The number of aliphatic hydroxyl groups is 1. The van der Waals surface area contributed by atoms with Gasteiger partial charge in [-0.3, -0.25) is 0 Å². The summed E-state index contributed by atoms with van der Waals surface area (Å²) in [5.41, 5.74) is 4.01. The van der Waals surface area contributed by atoms with Crippen LogP contribution in [0.5, 0.6) is 0 Å². The molecule has 2 N–H and O–H groups in total. The minimum absolute atomic E-state index is 0.0232. The van der Waals surface area contributed by atoms with E-state index in [2.05, 4.69) is 21.5 Å². The number of amidine groups is 1. The van der Waals surface area contributed by atoms with Crippen LogP contribution in [0.3, 0.4) is 0 Å². The number of esters is 1. The Morgan fingerprint density at radius 3 is 2.50 bits per heavy atom. The molecule has 0 saturated carbocycles. The van der Waals surface area contributed by atoms with Crippen LogP contribution >= 0.6 is 0 Å². The van der Waals surface area contributed by atoms with Crippen LogP contribution in [0, 0.1) is 0 Å². The third-order valence-corrected chi connectivity index (χ3v) is 7.01. The number of aryl methyl sites for hydroxylation is 2. The molecule has 0 saturated heterocycles. The van der Waals surface area contributed by atoms with Gasteiger partial charge in [0.25, 0.3) is 11.6 Å². The van der Waals surface area contributed by atoms with E-state index in [1.165, 1.54) is 22.3 Å². The second-order valence-corrected chi connectivity index (χ2v) is 10.0. The van der Waals surface area contributed by atoms with Gasteiger partial charge in [0.2, 0.25) is 0 Å². The summed E-state index contributed by atoms with van der Waals surface area (Å²) in [6, 6.07) is 4.21. The highest BCUT2D eigenvalue weighted by Crippen LogP contribution is 2.40. The Hall–Kier alpha value is -2.87. The predicted molar refractivity (Wildman–Crippen MR) is 127 cm³/mol. The minimum Gasteiger partial charge on any atom is -0.462 e. The number of aliphatic imine (C=N–C) groups is 1. The fraction of sp³-hybridized carbons (Fsp3) is 0.577. The van der Waals surface area contributed by atoms with E-state index < -0.39 is 17.2 Å². The highest BCUT2D eigenvalue weighted by Gasteiger charge is 2.52. The quantitative estimate of drug-likeness (QED) is 0.470. The van der Waals surface area contributed by atoms with Gasteiger partial charge < -0.3 is 24.4 Å². The van der Waals surface area contributed by atoms with Gasteiger partial charge in [0.05, 0.1) is 6.61 Å². The van der Waals surface area contributed by atoms with E-state index in [4.69, 9.17) is 14.0 Å². The maximum absolute atomic E-state index is 13.3. The second kappa shape index (κ2) is 8.73. The number of nitrogens with one attached hydrogen (secondary N) is 1. The fourth-order valence-corrected chi connectivity index (χ4v) is 5.08. The van der Waals surface area contributed by atoms with Crippen molar-refractivity contribution in [2.24, 2.45) is 4.99 Å². The number of aromatic nitrogens is 1. The van der Waals surface area contributed by atoms with Crippen molar-refractivity contribution in [2.75, 3.05) is 18.5 Å². The molecule has 2 aromatic rings. The first kappa shape index (κ1) is 22.9. The Bertz CT molecular complexity index is 1100. The van der Waals surface area contributed by atoms with Crippen molar-refractivity contribution in [3.8, 4) is 0 Å². The van der Waals surface area contributed by atoms with Crippen LogP contribution in [0.2, 0.25) is 0 Å². The molecule has 8 heteroatoms. The van der Waals surface area contributed by atoms with Crippen LogP contribution in [0.25, 0.3) is 0 Å². The van der Waals surface area contributed by atoms with E-state index in [-0.39, 0.29) is 24.0 Å². The highest BCUT2D eigenvalue weighted by molar-refractivity contribution is 5.96. The molecular weight excluding hydrogens is 434 g/mol. The largest absolute Gasteiger partial charge is 0.462 e. The number of fused-ring (bicyclic) bond motifs is 2. The van der Waals surface area contributed by atoms with Crippen LogP contribution in [-0.2, 0) is 51.2 Å². The van der Waals surface area contributed by atoms with E-state index in [9.17, 15) is 9.90 Å². The van der Waals surface area contributed by atoms with E-state index in [1.807, 2.05) is 6.92 Å². The molecule has 0 fully saturated rings. The topological polar surface area (TPSA) is 106 Å². The third kappa shape index (κ3) is 3.98. The van der Waals surface area contributed by atoms with Gasteiger partial charge in [0.15, 0.2) is 5.76 Å². The summed E-state index contributed by atoms with van der Waals surface area (Å²) in [6.45, 7) is 5.54. The molecular formula is C26H33N3O5. The van der Waals surface area contributed by atoms with Gasteiger partial charge in [-0.05, 0) is 81.0 Å². The lowest BCUT2D eigenvalue weighted by Crippen LogP contribution is -2.42. The summed E-state index contributed by atoms with van der Waals surface area (Å²) in [7, 11) is 0. The standard InChI is InChI=1S/C26H33N3O5/c1-4-5-12-32-23(30)26(20-14-21(34-29-20)25(2,3)31)15-27-24(33-26)28-22-18-10-6-8-16(18)13-17-9-7-11-19(17)22/h13-14,31H,4-12,15H2,1-3H3,(H,27,28). The fourth-order valence-electron chi connectivity index (χ4n) is 5.08. The zero-order chi connectivity index (χ0) is 23.9. The molecule has 0 radical (unpaired) electrons. The summed E-state index contributed by atoms with van der Waals surface area (Å²) in [5.74, 6) is -0.312. The van der Waals surface area contributed by atoms with Crippen molar-refractivity contribution in [2.45, 2.75) is 83.3 Å². The van der Waals surface area contributed by atoms with Crippen molar-refractivity contribution in [1.29, 1.82) is 0 Å². The third-order valence-electron chi connectivity index (χ3n) is 7.01. The molecule has 5 rings (SSSR count). The number of hydrogen-bond acceptors (Lipinski definition) is 8. The minimum atomic E-state index is -1.55. The van der Waals surface area contributed by atoms with Gasteiger partial charge in [-0.25, -0.2) is 9.79 Å². The number of unbranched alkanes of at least 4 members (excludes halogenated alkanes) is 1. The lowest BCUT2D eigenvalue weighted by atomic mass is 9.97. The van der Waals surface area contributed by atoms with Crippen LogP contribution in [0.1, 0.15) is 80.2 Å². The van der Waals surface area contributed by atoms with Crippen molar-refractivity contribution in [3.63, 3.8) is 0 Å². The molecule has 34 heavy (non-hydrogen) atoms. The van der Waals surface area contributed by atoms with Gasteiger partial charge >= 0.3 is 5.97 Å². The van der Waals surface area contributed by atoms with Crippen molar-refractivity contribution >= 4 is 17.7 Å². The zero-order valence-electron chi connectivity index (χ0n) is 20.2. The number of benzene rings is 1. The molecule has 3 aliphatic rings. The monoisotopic (exact) mass is 467 g/mol. The molecule has 8 nitrogen and oxygen atoms in total. The maximum Gasteiger partial charge on any atom is 0.359 e. The molecule has 1 atom stereocenters. The van der Waals surface area contributed by atoms with Gasteiger partial charge in [0, 0.05) is 11.8 Å². The van der Waals surface area contributed by atoms with Crippen LogP contribution < -0.4 is 5.32 Å². The smallest absolute Gasteiger partial charge is 0.359 e. The van der Waals surface area contributed by atoms with Crippen molar-refractivity contribution < 1.29 is 23.9 Å². The Morgan fingerprint density at radius 1 is 1.18 bits per heavy atom. The zero-order valence-corrected chi connectivity index (χ0v) is 20.2. The number of ether oxygens (including phenoxy) is 2. The Kier molecular flexibility index (Phi) is 5.88. The van der Waals surface area contributed by atoms with E-state index in [1.54, 1.807) is 19.9 Å². The summed E-state index contributed by atoms with van der Waals surface area (Å²) in [4.78, 5) is 17.9. The number of anilines is 1. The van der Waals surface area contributed by atoms with E-state index in [0.717, 1.165) is 57.1 Å². The second-order valence-electron chi connectivity index (χ2n) is 10.0. The van der Waals surface area contributed by atoms with E-state index >= 15 is 0 Å². The normalized spacial score (nSPS) is 21.1. The van der Waals surface area contributed by atoms with Crippen LogP contribution in [0.4, 0.5) is 5.69 Å². The summed E-state index contributed by atoms with van der Waals surface area (Å²) < 4.78 is 17.2. The van der Waals surface area contributed by atoms with Crippen LogP contribution in [0.15, 0.2) is 21.6 Å². The summed E-state index contributed by atoms with van der Waals surface area (Å²) in [5, 5.41) is 17.9. The predicted octanol–water partition coefficient (Wildman–Crippen LogP) is 3.92. The van der Waals surface area contributed by atoms with Gasteiger partial charge in [-0.1, -0.05) is 24.6 Å². The molecule has 1 unspecified atom stereocenters. The molecule has 2 heterocycles. The van der Waals surface area contributed by atoms with Crippen LogP contribution in [-0.4, -0.2) is 35.4 Å². The average molecular weight is 468 g/mol. The Balaban J connectivity index is 1.44. The molecule has 1 aromatic carbocycles. The molecule has 0 spiro atoms. The maximum atomic E-state index is 13.3. The van der Waals surface area contributed by atoms with Gasteiger partial charge in [0.1, 0.15) is 17.8 Å².